The molecule has 2 aromatic carbocycles. The molecule has 0 saturated carbocycles. The smallest absolute Gasteiger partial charge is 0.127 e. The normalized spacial score (nSPS) is 18.4. The van der Waals surface area contributed by atoms with Crippen molar-refractivity contribution in [3.05, 3.63) is 66.0 Å². The molecule has 1 aliphatic heterocycles. The van der Waals surface area contributed by atoms with E-state index in [2.05, 4.69) is 64.5 Å². The summed E-state index contributed by atoms with van der Waals surface area (Å²) in [6, 6.07) is 19.4. The molecule has 106 valence electrons. The molecule has 0 radical (unpaired) electrons. The standard InChI is InChI=1S/C18H19N3/c1-2-7-14(8-3-1)13-21-17-11-5-4-9-15(17)20-18(21)16-10-6-12-19-16/h1-5,7-9,11,16,19H,6,10,12-13H2. The van der Waals surface area contributed by atoms with Crippen LogP contribution in [-0.4, -0.2) is 16.1 Å². The third kappa shape index (κ3) is 2.34. The van der Waals surface area contributed by atoms with E-state index >= 15 is 0 Å². The van der Waals surface area contributed by atoms with Gasteiger partial charge in [0.15, 0.2) is 0 Å². The van der Waals surface area contributed by atoms with Crippen molar-refractivity contribution in [2.45, 2.75) is 25.4 Å². The molecule has 21 heavy (non-hydrogen) atoms. The summed E-state index contributed by atoms with van der Waals surface area (Å²) in [5, 5.41) is 3.58. The predicted molar refractivity (Wildman–Crippen MR) is 85.3 cm³/mol. The van der Waals surface area contributed by atoms with E-state index in [-0.39, 0.29) is 0 Å². The Morgan fingerprint density at radius 3 is 2.67 bits per heavy atom. The Kier molecular flexibility index (Phi) is 3.20. The molecule has 0 spiro atoms. The molecule has 1 unspecified atom stereocenters. The molecule has 1 atom stereocenters. The highest BCUT2D eigenvalue weighted by Gasteiger charge is 2.23. The van der Waals surface area contributed by atoms with Gasteiger partial charge in [0.1, 0.15) is 5.82 Å². The molecule has 0 amide bonds. The molecular weight excluding hydrogens is 258 g/mol. The van der Waals surface area contributed by atoms with Crippen molar-refractivity contribution in [2.24, 2.45) is 0 Å². The lowest BCUT2D eigenvalue weighted by molar-refractivity contribution is 0.571. The Labute approximate surface area is 124 Å². The highest BCUT2D eigenvalue weighted by Crippen LogP contribution is 2.27. The van der Waals surface area contributed by atoms with Crippen LogP contribution in [0.5, 0.6) is 0 Å². The van der Waals surface area contributed by atoms with Crippen LogP contribution in [0.4, 0.5) is 0 Å². The maximum atomic E-state index is 4.89. The minimum atomic E-state index is 0.390. The summed E-state index contributed by atoms with van der Waals surface area (Å²) in [6.45, 7) is 1.98. The van der Waals surface area contributed by atoms with Crippen LogP contribution in [0.25, 0.3) is 11.0 Å². The predicted octanol–water partition coefficient (Wildman–Crippen LogP) is 3.51. The van der Waals surface area contributed by atoms with E-state index < -0.39 is 0 Å². The van der Waals surface area contributed by atoms with Crippen LogP contribution in [0.1, 0.15) is 30.3 Å². The van der Waals surface area contributed by atoms with Crippen LogP contribution in [0.2, 0.25) is 0 Å². The largest absolute Gasteiger partial charge is 0.322 e. The first-order chi connectivity index (χ1) is 10.4. The fraction of sp³-hybridized carbons (Fsp3) is 0.278. The molecule has 1 fully saturated rings. The fourth-order valence-electron chi connectivity index (χ4n) is 3.20. The molecule has 1 N–H and O–H groups in total. The number of hydrogen-bond acceptors (Lipinski definition) is 2. The topological polar surface area (TPSA) is 29.9 Å². The van der Waals surface area contributed by atoms with Crippen LogP contribution in [0, 0.1) is 0 Å². The Morgan fingerprint density at radius 1 is 1.05 bits per heavy atom. The molecule has 3 aromatic rings. The first-order valence-corrected chi connectivity index (χ1v) is 7.64. The van der Waals surface area contributed by atoms with E-state index in [1.165, 1.54) is 29.7 Å². The summed E-state index contributed by atoms with van der Waals surface area (Å²) in [5.41, 5.74) is 3.64. The molecular formula is C18H19N3. The minimum Gasteiger partial charge on any atom is -0.322 e. The Morgan fingerprint density at radius 2 is 1.86 bits per heavy atom. The zero-order valence-corrected chi connectivity index (χ0v) is 12.0. The summed E-state index contributed by atoms with van der Waals surface area (Å²) in [5.74, 6) is 1.18. The fourth-order valence-corrected chi connectivity index (χ4v) is 3.20. The van der Waals surface area contributed by atoms with E-state index in [0.29, 0.717) is 6.04 Å². The molecule has 0 aliphatic carbocycles. The maximum Gasteiger partial charge on any atom is 0.127 e. The molecule has 0 bridgehead atoms. The SMILES string of the molecule is c1ccc(Cn2c(C3CCCN3)nc3ccccc32)cc1. The number of imidazole rings is 1. The number of benzene rings is 2. The second-order valence-electron chi connectivity index (χ2n) is 5.68. The van der Waals surface area contributed by atoms with Crippen molar-refractivity contribution in [2.75, 3.05) is 6.54 Å². The van der Waals surface area contributed by atoms with Crippen LogP contribution >= 0.6 is 0 Å². The second-order valence-corrected chi connectivity index (χ2v) is 5.68. The lowest BCUT2D eigenvalue weighted by Crippen LogP contribution is -2.18. The number of nitrogens with zero attached hydrogens (tertiary/aromatic N) is 2. The molecule has 1 aliphatic rings. The summed E-state index contributed by atoms with van der Waals surface area (Å²) >= 11 is 0. The zero-order valence-electron chi connectivity index (χ0n) is 12.0. The Hall–Kier alpha value is -2.13. The van der Waals surface area contributed by atoms with Crippen molar-refractivity contribution in [3.63, 3.8) is 0 Å². The Bertz CT molecular complexity index is 740. The molecule has 1 aromatic heterocycles. The average Bonchev–Trinajstić information content (AvgIpc) is 3.16. The number of rotatable bonds is 3. The summed E-state index contributed by atoms with van der Waals surface area (Å²) in [4.78, 5) is 4.89. The number of hydrogen-bond donors (Lipinski definition) is 1. The summed E-state index contributed by atoms with van der Waals surface area (Å²) in [6.07, 6.45) is 2.41. The lowest BCUT2D eigenvalue weighted by Gasteiger charge is -2.14. The first-order valence-electron chi connectivity index (χ1n) is 7.64. The van der Waals surface area contributed by atoms with E-state index in [1.54, 1.807) is 0 Å². The van der Waals surface area contributed by atoms with Crippen LogP contribution in [-0.2, 0) is 6.54 Å². The van der Waals surface area contributed by atoms with Crippen molar-refractivity contribution >= 4 is 11.0 Å². The first kappa shape index (κ1) is 12.6. The number of fused-ring (bicyclic) bond motifs is 1. The maximum absolute atomic E-state index is 4.89. The highest BCUT2D eigenvalue weighted by atomic mass is 15.1. The van der Waals surface area contributed by atoms with Gasteiger partial charge in [-0.2, -0.15) is 0 Å². The van der Waals surface area contributed by atoms with Gasteiger partial charge in [-0.3, -0.25) is 0 Å². The molecule has 4 rings (SSSR count). The van der Waals surface area contributed by atoms with E-state index in [9.17, 15) is 0 Å². The van der Waals surface area contributed by atoms with Crippen LogP contribution in [0.15, 0.2) is 54.6 Å². The lowest BCUT2D eigenvalue weighted by atomic mass is 10.2. The third-order valence-electron chi connectivity index (χ3n) is 4.24. The van der Waals surface area contributed by atoms with Gasteiger partial charge in [0.05, 0.1) is 17.1 Å². The quantitative estimate of drug-likeness (QED) is 0.794. The monoisotopic (exact) mass is 277 g/mol. The van der Waals surface area contributed by atoms with Gasteiger partial charge in [-0.25, -0.2) is 4.98 Å². The van der Waals surface area contributed by atoms with Crippen LogP contribution in [0.3, 0.4) is 0 Å². The second kappa shape index (κ2) is 5.34. The third-order valence-corrected chi connectivity index (χ3v) is 4.24. The van der Waals surface area contributed by atoms with Gasteiger partial charge in [-0.15, -0.1) is 0 Å². The molecule has 3 nitrogen and oxygen atoms in total. The molecule has 1 saturated heterocycles. The van der Waals surface area contributed by atoms with Gasteiger partial charge in [-0.05, 0) is 37.1 Å². The van der Waals surface area contributed by atoms with Gasteiger partial charge in [0, 0.05) is 6.54 Å². The van der Waals surface area contributed by atoms with Crippen molar-refractivity contribution < 1.29 is 0 Å². The molecule has 2 heterocycles. The number of nitrogens with one attached hydrogen (secondary N) is 1. The van der Waals surface area contributed by atoms with Gasteiger partial charge in [0.2, 0.25) is 0 Å². The van der Waals surface area contributed by atoms with Gasteiger partial charge >= 0.3 is 0 Å². The summed E-state index contributed by atoms with van der Waals surface area (Å²) < 4.78 is 2.37. The molecule has 3 heteroatoms. The minimum absolute atomic E-state index is 0.390. The highest BCUT2D eigenvalue weighted by molar-refractivity contribution is 5.76. The Balaban J connectivity index is 1.82. The van der Waals surface area contributed by atoms with Crippen molar-refractivity contribution in [1.82, 2.24) is 14.9 Å². The number of aromatic nitrogens is 2. The van der Waals surface area contributed by atoms with E-state index in [0.717, 1.165) is 18.6 Å². The average molecular weight is 277 g/mol. The number of para-hydroxylation sites is 2. The van der Waals surface area contributed by atoms with Crippen molar-refractivity contribution in [3.8, 4) is 0 Å². The van der Waals surface area contributed by atoms with E-state index in [4.69, 9.17) is 4.98 Å². The van der Waals surface area contributed by atoms with Crippen molar-refractivity contribution in [1.29, 1.82) is 0 Å². The zero-order chi connectivity index (χ0) is 14.1. The van der Waals surface area contributed by atoms with E-state index in [1.807, 2.05) is 0 Å². The van der Waals surface area contributed by atoms with Crippen LogP contribution < -0.4 is 5.32 Å². The summed E-state index contributed by atoms with van der Waals surface area (Å²) in [7, 11) is 0. The van der Waals surface area contributed by atoms with Gasteiger partial charge < -0.3 is 9.88 Å². The van der Waals surface area contributed by atoms with Gasteiger partial charge in [0.25, 0.3) is 0 Å². The van der Waals surface area contributed by atoms with Gasteiger partial charge in [-0.1, -0.05) is 42.5 Å².